The van der Waals surface area contributed by atoms with Crippen LogP contribution in [0.1, 0.15) is 20.3 Å². The molecule has 0 saturated heterocycles. The van der Waals surface area contributed by atoms with Gasteiger partial charge in [0.2, 0.25) is 17.7 Å². The number of hydrogen-bond acceptors (Lipinski definition) is 4. The second kappa shape index (κ2) is 7.92. The highest BCUT2D eigenvalue weighted by atomic mass is 16.2. The summed E-state index contributed by atoms with van der Waals surface area (Å²) in [6.07, 6.45) is 0.238. The quantitative estimate of drug-likeness (QED) is 0.836. The van der Waals surface area contributed by atoms with Crippen LogP contribution < -0.4 is 15.5 Å². The lowest BCUT2D eigenvalue weighted by molar-refractivity contribution is -0.123. The molecule has 0 fully saturated rings. The molecule has 24 heavy (non-hydrogen) atoms. The fourth-order valence-electron chi connectivity index (χ4n) is 2.80. The first-order valence-corrected chi connectivity index (χ1v) is 8.10. The van der Waals surface area contributed by atoms with Crippen LogP contribution in [0.4, 0.5) is 11.4 Å². The maximum atomic E-state index is 12.9. The third kappa shape index (κ3) is 4.11. The van der Waals surface area contributed by atoms with Gasteiger partial charge in [-0.15, -0.1) is 0 Å². The molecule has 0 spiro atoms. The van der Waals surface area contributed by atoms with Crippen LogP contribution in [0.2, 0.25) is 0 Å². The van der Waals surface area contributed by atoms with Crippen LogP contribution in [0, 0.1) is 0 Å². The molecular formula is C17H24N4O3. The van der Waals surface area contributed by atoms with Gasteiger partial charge in [0.05, 0.1) is 24.5 Å². The number of rotatable bonds is 5. The van der Waals surface area contributed by atoms with Crippen LogP contribution >= 0.6 is 0 Å². The zero-order chi connectivity index (χ0) is 17.7. The minimum Gasteiger partial charge on any atom is -0.358 e. The fraction of sp³-hybridized carbons (Fsp3) is 0.471. The normalized spacial score (nSPS) is 17.1. The van der Waals surface area contributed by atoms with E-state index in [0.717, 1.165) is 0 Å². The Hall–Kier alpha value is -2.41. The molecule has 2 N–H and O–H groups in total. The number of para-hydroxylation sites is 2. The van der Waals surface area contributed by atoms with Crippen molar-refractivity contribution in [3.63, 3.8) is 0 Å². The number of nitrogens with one attached hydrogen (secondary N) is 2. The standard InChI is InChI=1S/C17H24N4O3/c1-4-20(10-16(23)18-3)11-17(24)21-12(2)9-15(22)19-13-7-5-6-8-14(13)21/h5-8,12H,4,9-11H2,1-3H3,(H,18,23)(H,19,22). The number of fused-ring (bicyclic) bond motifs is 1. The molecule has 1 aromatic carbocycles. The molecule has 1 heterocycles. The average molecular weight is 332 g/mol. The minimum absolute atomic E-state index is 0.108. The monoisotopic (exact) mass is 332 g/mol. The van der Waals surface area contributed by atoms with E-state index in [2.05, 4.69) is 10.6 Å². The van der Waals surface area contributed by atoms with Crippen LogP contribution in [-0.4, -0.2) is 55.3 Å². The Labute approximate surface area is 142 Å². The number of carbonyl (C=O) groups excluding carboxylic acids is 3. The summed E-state index contributed by atoms with van der Waals surface area (Å²) in [5, 5.41) is 5.40. The summed E-state index contributed by atoms with van der Waals surface area (Å²) >= 11 is 0. The van der Waals surface area contributed by atoms with E-state index in [0.29, 0.717) is 17.9 Å². The number of likely N-dealkylation sites (N-methyl/N-ethyl adjacent to an activating group) is 2. The van der Waals surface area contributed by atoms with Crippen LogP contribution in [0.25, 0.3) is 0 Å². The second-order valence-electron chi connectivity index (χ2n) is 5.86. The highest BCUT2D eigenvalue weighted by Crippen LogP contribution is 2.31. The number of benzene rings is 1. The molecule has 1 aromatic rings. The first-order chi connectivity index (χ1) is 11.5. The molecule has 0 radical (unpaired) electrons. The molecule has 1 aliphatic heterocycles. The average Bonchev–Trinajstić information content (AvgIpc) is 2.67. The van der Waals surface area contributed by atoms with Gasteiger partial charge < -0.3 is 15.5 Å². The van der Waals surface area contributed by atoms with Crippen molar-refractivity contribution in [2.75, 3.05) is 36.9 Å². The highest BCUT2D eigenvalue weighted by molar-refractivity contribution is 6.05. The van der Waals surface area contributed by atoms with Gasteiger partial charge in [0.15, 0.2) is 0 Å². The summed E-state index contributed by atoms with van der Waals surface area (Å²) in [4.78, 5) is 39.9. The molecule has 0 saturated carbocycles. The zero-order valence-electron chi connectivity index (χ0n) is 14.3. The van der Waals surface area contributed by atoms with E-state index < -0.39 is 0 Å². The molecule has 7 heteroatoms. The van der Waals surface area contributed by atoms with Crippen LogP contribution in [0.15, 0.2) is 24.3 Å². The van der Waals surface area contributed by atoms with Gasteiger partial charge >= 0.3 is 0 Å². The third-order valence-corrected chi connectivity index (χ3v) is 4.08. The van der Waals surface area contributed by atoms with Crippen molar-refractivity contribution in [1.29, 1.82) is 0 Å². The topological polar surface area (TPSA) is 81.8 Å². The van der Waals surface area contributed by atoms with Crippen molar-refractivity contribution in [1.82, 2.24) is 10.2 Å². The minimum atomic E-state index is -0.250. The zero-order valence-corrected chi connectivity index (χ0v) is 14.3. The Kier molecular flexibility index (Phi) is 5.92. The van der Waals surface area contributed by atoms with Crippen LogP contribution in [-0.2, 0) is 14.4 Å². The van der Waals surface area contributed by atoms with Crippen molar-refractivity contribution in [3.8, 4) is 0 Å². The molecule has 1 atom stereocenters. The van der Waals surface area contributed by atoms with Gasteiger partial charge in [0.25, 0.3) is 0 Å². The summed E-state index contributed by atoms with van der Waals surface area (Å²) in [7, 11) is 1.57. The Morgan fingerprint density at radius 2 is 2.04 bits per heavy atom. The largest absolute Gasteiger partial charge is 0.358 e. The number of nitrogens with zero attached hydrogens (tertiary/aromatic N) is 2. The van der Waals surface area contributed by atoms with Crippen LogP contribution in [0.3, 0.4) is 0 Å². The van der Waals surface area contributed by atoms with Gasteiger partial charge in [-0.3, -0.25) is 19.3 Å². The van der Waals surface area contributed by atoms with Crippen molar-refractivity contribution in [2.45, 2.75) is 26.3 Å². The Morgan fingerprint density at radius 1 is 1.33 bits per heavy atom. The molecule has 0 aromatic heterocycles. The van der Waals surface area contributed by atoms with Gasteiger partial charge in [0.1, 0.15) is 0 Å². The SMILES string of the molecule is CCN(CC(=O)NC)CC(=O)N1c2ccccc2NC(=O)CC1C. The van der Waals surface area contributed by atoms with Gasteiger partial charge in [-0.1, -0.05) is 19.1 Å². The maximum Gasteiger partial charge on any atom is 0.241 e. The molecule has 1 aliphatic rings. The fourth-order valence-corrected chi connectivity index (χ4v) is 2.80. The molecule has 0 aliphatic carbocycles. The van der Waals surface area contributed by atoms with E-state index in [1.54, 1.807) is 22.9 Å². The molecule has 2 rings (SSSR count). The van der Waals surface area contributed by atoms with Gasteiger partial charge in [0, 0.05) is 19.5 Å². The summed E-state index contributed by atoms with van der Waals surface area (Å²) in [6.45, 7) is 4.63. The lowest BCUT2D eigenvalue weighted by atomic mass is 10.1. The first-order valence-electron chi connectivity index (χ1n) is 8.10. The van der Waals surface area contributed by atoms with Crippen molar-refractivity contribution < 1.29 is 14.4 Å². The van der Waals surface area contributed by atoms with Crippen molar-refractivity contribution in [2.24, 2.45) is 0 Å². The van der Waals surface area contributed by atoms with Gasteiger partial charge in [-0.05, 0) is 25.6 Å². The predicted octanol–water partition coefficient (Wildman–Crippen LogP) is 0.818. The Balaban J connectivity index is 2.23. The Bertz CT molecular complexity index is 632. The molecule has 7 nitrogen and oxygen atoms in total. The number of carbonyl (C=O) groups is 3. The second-order valence-corrected chi connectivity index (χ2v) is 5.86. The van der Waals surface area contributed by atoms with Crippen LogP contribution in [0.5, 0.6) is 0 Å². The molecular weight excluding hydrogens is 308 g/mol. The summed E-state index contributed by atoms with van der Waals surface area (Å²) < 4.78 is 0. The first kappa shape index (κ1) is 17.9. The van der Waals surface area contributed by atoms with E-state index in [-0.39, 0.29) is 43.3 Å². The highest BCUT2D eigenvalue weighted by Gasteiger charge is 2.30. The van der Waals surface area contributed by atoms with E-state index in [4.69, 9.17) is 0 Å². The van der Waals surface area contributed by atoms with Gasteiger partial charge in [-0.2, -0.15) is 0 Å². The predicted molar refractivity (Wildman–Crippen MR) is 92.8 cm³/mol. The molecule has 130 valence electrons. The number of amides is 3. The summed E-state index contributed by atoms with van der Waals surface area (Å²) in [6, 6.07) is 7.02. The number of anilines is 2. The van der Waals surface area contributed by atoms with E-state index in [1.807, 2.05) is 32.0 Å². The summed E-state index contributed by atoms with van der Waals surface area (Å²) in [5.41, 5.74) is 1.33. The lowest BCUT2D eigenvalue weighted by Gasteiger charge is -2.30. The van der Waals surface area contributed by atoms with E-state index in [1.165, 1.54) is 0 Å². The van der Waals surface area contributed by atoms with Crippen molar-refractivity contribution >= 4 is 29.1 Å². The van der Waals surface area contributed by atoms with E-state index >= 15 is 0 Å². The summed E-state index contributed by atoms with van der Waals surface area (Å²) in [5.74, 6) is -0.369. The lowest BCUT2D eigenvalue weighted by Crippen LogP contribution is -2.47. The molecule has 3 amide bonds. The molecule has 1 unspecified atom stereocenters. The smallest absolute Gasteiger partial charge is 0.241 e. The third-order valence-electron chi connectivity index (χ3n) is 4.08. The van der Waals surface area contributed by atoms with Crippen molar-refractivity contribution in [3.05, 3.63) is 24.3 Å². The Morgan fingerprint density at radius 3 is 2.71 bits per heavy atom. The number of hydrogen-bond donors (Lipinski definition) is 2. The van der Waals surface area contributed by atoms with E-state index in [9.17, 15) is 14.4 Å². The molecule has 0 bridgehead atoms. The van der Waals surface area contributed by atoms with Gasteiger partial charge in [-0.25, -0.2) is 0 Å². The maximum absolute atomic E-state index is 12.9.